The van der Waals surface area contributed by atoms with Crippen LogP contribution in [0.5, 0.6) is 0 Å². The Labute approximate surface area is 184 Å². The molecule has 1 aliphatic rings. The molecule has 1 aliphatic heterocycles. The number of piperazine rings is 1. The number of anilines is 1. The van der Waals surface area contributed by atoms with Crippen LogP contribution in [0, 0.1) is 0 Å². The third-order valence-electron chi connectivity index (χ3n) is 6.14. The van der Waals surface area contributed by atoms with Crippen molar-refractivity contribution in [3.63, 3.8) is 0 Å². The van der Waals surface area contributed by atoms with Gasteiger partial charge in [-0.15, -0.1) is 0 Å². The largest absolute Gasteiger partial charge is 0.416 e. The first-order chi connectivity index (χ1) is 15.3. The Balaban J connectivity index is 1.48. The second kappa shape index (κ2) is 8.70. The molecule has 8 heteroatoms. The van der Waals surface area contributed by atoms with Crippen molar-refractivity contribution in [1.29, 1.82) is 0 Å². The maximum Gasteiger partial charge on any atom is 0.416 e. The molecule has 0 atom stereocenters. The highest BCUT2D eigenvalue weighted by atomic mass is 19.4. The lowest BCUT2D eigenvalue weighted by Crippen LogP contribution is -2.62. The zero-order valence-corrected chi connectivity index (χ0v) is 17.7. The number of carbonyl (C=O) groups is 1. The minimum atomic E-state index is -4.36. The molecule has 2 heterocycles. The molecular formula is C24H24F3N4O+. The molecule has 32 heavy (non-hydrogen) atoms. The van der Waals surface area contributed by atoms with E-state index < -0.39 is 11.7 Å². The summed E-state index contributed by atoms with van der Waals surface area (Å²) < 4.78 is 38.7. The Kier molecular flexibility index (Phi) is 5.97. The van der Waals surface area contributed by atoms with Gasteiger partial charge in [-0.25, -0.2) is 14.8 Å². The lowest BCUT2D eigenvalue weighted by molar-refractivity contribution is -0.848. The van der Waals surface area contributed by atoms with Gasteiger partial charge in [-0.1, -0.05) is 24.3 Å². The number of aromatic nitrogens is 2. The van der Waals surface area contributed by atoms with E-state index in [1.54, 1.807) is 42.7 Å². The second-order valence-corrected chi connectivity index (χ2v) is 7.90. The molecule has 166 valence electrons. The fourth-order valence-corrected chi connectivity index (χ4v) is 4.10. The molecule has 0 radical (unpaired) electrons. The molecule has 1 fully saturated rings. The van der Waals surface area contributed by atoms with E-state index in [0.717, 1.165) is 17.7 Å². The van der Waals surface area contributed by atoms with Crippen LogP contribution < -0.4 is 4.90 Å². The Bertz CT molecular complexity index is 1060. The standard InChI is InChI=1S/C24H24F3N4O/c1-2-31(16-14-30(15-17-31)23-28-12-3-13-29-23)22(32)20-6-4-18(5-7-20)19-8-10-21(11-9-19)24(25,26)27/h3-13H,2,14-17H2,1H3/q+1. The van der Waals surface area contributed by atoms with Crippen LogP contribution >= 0.6 is 0 Å². The van der Waals surface area contributed by atoms with Gasteiger partial charge in [0.05, 0.1) is 30.8 Å². The van der Waals surface area contributed by atoms with Crippen molar-refractivity contribution in [2.45, 2.75) is 13.1 Å². The van der Waals surface area contributed by atoms with Crippen molar-refractivity contribution >= 4 is 11.9 Å². The Hall–Kier alpha value is -3.26. The molecule has 5 nitrogen and oxygen atoms in total. The number of benzene rings is 2. The summed E-state index contributed by atoms with van der Waals surface area (Å²) in [5.41, 5.74) is 1.37. The molecule has 1 aromatic heterocycles. The van der Waals surface area contributed by atoms with Gasteiger partial charge in [-0.3, -0.25) is 4.48 Å². The molecule has 2 aromatic carbocycles. The lowest BCUT2D eigenvalue weighted by atomic mass is 10.0. The Morgan fingerprint density at radius 3 is 1.97 bits per heavy atom. The van der Waals surface area contributed by atoms with E-state index >= 15 is 0 Å². The summed E-state index contributed by atoms with van der Waals surface area (Å²) >= 11 is 0. The molecule has 0 unspecified atom stereocenters. The predicted octanol–water partition coefficient (Wildman–Crippen LogP) is 4.66. The van der Waals surface area contributed by atoms with Gasteiger partial charge < -0.3 is 4.90 Å². The number of rotatable bonds is 4. The van der Waals surface area contributed by atoms with E-state index in [2.05, 4.69) is 14.9 Å². The van der Waals surface area contributed by atoms with Crippen LogP contribution in [0.15, 0.2) is 67.0 Å². The van der Waals surface area contributed by atoms with E-state index in [1.807, 2.05) is 6.92 Å². The van der Waals surface area contributed by atoms with Gasteiger partial charge in [-0.2, -0.15) is 13.2 Å². The molecule has 4 rings (SSSR count). The van der Waals surface area contributed by atoms with Crippen LogP contribution in [0.2, 0.25) is 0 Å². The summed E-state index contributed by atoms with van der Waals surface area (Å²) in [5.74, 6) is 0.731. The van der Waals surface area contributed by atoms with Gasteiger partial charge >= 0.3 is 12.1 Å². The van der Waals surface area contributed by atoms with Crippen molar-refractivity contribution in [2.75, 3.05) is 37.6 Å². The van der Waals surface area contributed by atoms with Gasteiger partial charge in [0.1, 0.15) is 13.1 Å². The highest BCUT2D eigenvalue weighted by Crippen LogP contribution is 2.31. The summed E-state index contributed by atoms with van der Waals surface area (Å²) in [6, 6.07) is 13.9. The molecule has 0 spiro atoms. The molecule has 1 amide bonds. The molecule has 3 aromatic rings. The number of hydrogen-bond acceptors (Lipinski definition) is 4. The van der Waals surface area contributed by atoms with Crippen LogP contribution in [0.1, 0.15) is 22.8 Å². The highest BCUT2D eigenvalue weighted by Gasteiger charge is 2.40. The number of quaternary nitrogens is 1. The topological polar surface area (TPSA) is 46.1 Å². The third kappa shape index (κ3) is 4.36. The van der Waals surface area contributed by atoms with E-state index in [1.165, 1.54) is 12.1 Å². The van der Waals surface area contributed by atoms with Gasteiger partial charge in [0.2, 0.25) is 5.95 Å². The number of halogens is 3. The van der Waals surface area contributed by atoms with Gasteiger partial charge in [-0.05, 0) is 48.4 Å². The van der Waals surface area contributed by atoms with E-state index in [-0.39, 0.29) is 5.91 Å². The molecule has 0 aliphatic carbocycles. The van der Waals surface area contributed by atoms with Crippen LogP contribution in [0.3, 0.4) is 0 Å². The number of likely N-dealkylation sites (N-methyl/N-ethyl adjacent to an activating group) is 1. The van der Waals surface area contributed by atoms with E-state index in [9.17, 15) is 18.0 Å². The average Bonchev–Trinajstić information content (AvgIpc) is 2.84. The van der Waals surface area contributed by atoms with Crippen LogP contribution in [0.25, 0.3) is 11.1 Å². The number of amides is 1. The Morgan fingerprint density at radius 1 is 0.938 bits per heavy atom. The van der Waals surface area contributed by atoms with E-state index in [4.69, 9.17) is 0 Å². The van der Waals surface area contributed by atoms with Gasteiger partial charge in [0.15, 0.2) is 0 Å². The second-order valence-electron chi connectivity index (χ2n) is 7.90. The minimum absolute atomic E-state index is 0.0556. The number of nitrogens with zero attached hydrogens (tertiary/aromatic N) is 4. The minimum Gasteiger partial charge on any atom is -0.329 e. The molecule has 0 saturated carbocycles. The summed E-state index contributed by atoms with van der Waals surface area (Å²) in [5, 5.41) is 0. The third-order valence-corrected chi connectivity index (χ3v) is 6.14. The summed E-state index contributed by atoms with van der Waals surface area (Å²) in [6.45, 7) is 5.40. The van der Waals surface area contributed by atoms with Gasteiger partial charge in [0.25, 0.3) is 0 Å². The predicted molar refractivity (Wildman–Crippen MR) is 116 cm³/mol. The molecule has 1 saturated heterocycles. The zero-order chi connectivity index (χ0) is 22.8. The molecular weight excluding hydrogens is 417 g/mol. The number of carbonyl (C=O) groups excluding carboxylic acids is 1. The van der Waals surface area contributed by atoms with Crippen molar-refractivity contribution in [3.8, 4) is 11.1 Å². The van der Waals surface area contributed by atoms with E-state index in [0.29, 0.717) is 54.3 Å². The quantitative estimate of drug-likeness (QED) is 0.553. The van der Waals surface area contributed by atoms with Crippen LogP contribution in [0.4, 0.5) is 19.1 Å². The fourth-order valence-electron chi connectivity index (χ4n) is 4.10. The highest BCUT2D eigenvalue weighted by molar-refractivity contribution is 5.89. The summed E-state index contributed by atoms with van der Waals surface area (Å²) in [7, 11) is 0. The normalized spacial score (nSPS) is 16.1. The van der Waals surface area contributed by atoms with Crippen molar-refractivity contribution < 1.29 is 22.4 Å². The van der Waals surface area contributed by atoms with Gasteiger partial charge in [0, 0.05) is 12.4 Å². The zero-order valence-electron chi connectivity index (χ0n) is 17.7. The maximum atomic E-state index is 13.4. The fraction of sp³-hybridized carbons (Fsp3) is 0.292. The first-order valence-corrected chi connectivity index (χ1v) is 10.5. The summed E-state index contributed by atoms with van der Waals surface area (Å²) in [6.07, 6.45) is -0.937. The summed E-state index contributed by atoms with van der Waals surface area (Å²) in [4.78, 5) is 24.1. The van der Waals surface area contributed by atoms with Crippen LogP contribution in [-0.4, -0.2) is 53.1 Å². The number of hydrogen-bond donors (Lipinski definition) is 0. The van der Waals surface area contributed by atoms with Crippen molar-refractivity contribution in [2.24, 2.45) is 0 Å². The lowest BCUT2D eigenvalue weighted by Gasteiger charge is -2.42. The van der Waals surface area contributed by atoms with Crippen LogP contribution in [-0.2, 0) is 6.18 Å². The molecule has 0 bridgehead atoms. The first kappa shape index (κ1) is 22.0. The molecule has 0 N–H and O–H groups in total. The van der Waals surface area contributed by atoms with Crippen molar-refractivity contribution in [3.05, 3.63) is 78.1 Å². The monoisotopic (exact) mass is 441 g/mol. The average molecular weight is 441 g/mol. The SMILES string of the molecule is CC[N+]1(C(=O)c2ccc(-c3ccc(C(F)(F)F)cc3)cc2)CCN(c2ncccn2)CC1. The Morgan fingerprint density at radius 2 is 1.47 bits per heavy atom. The number of alkyl halides is 3. The van der Waals surface area contributed by atoms with Crippen molar-refractivity contribution in [1.82, 2.24) is 9.97 Å². The maximum absolute atomic E-state index is 13.4. The first-order valence-electron chi connectivity index (χ1n) is 10.5. The smallest absolute Gasteiger partial charge is 0.329 e.